The average Bonchev–Trinajstić information content (AvgIpc) is 2.57. The Balaban J connectivity index is 1.93. The highest BCUT2D eigenvalue weighted by molar-refractivity contribution is 9.10. The summed E-state index contributed by atoms with van der Waals surface area (Å²) in [6, 6.07) is 13.9. The Bertz CT molecular complexity index is 738. The first-order chi connectivity index (χ1) is 12.0. The highest BCUT2D eigenvalue weighted by Gasteiger charge is 2.14. The monoisotopic (exact) mass is 402 g/mol. The number of nitrogens with zero attached hydrogens (tertiary/aromatic N) is 1. The first-order valence-corrected chi connectivity index (χ1v) is 8.72. The van der Waals surface area contributed by atoms with Gasteiger partial charge in [-0.25, -0.2) is 4.39 Å². The molecular formula is C20H20BrFN2O. The molecule has 5 heteroatoms. The summed E-state index contributed by atoms with van der Waals surface area (Å²) < 4.78 is 14.0. The van der Waals surface area contributed by atoms with E-state index >= 15 is 0 Å². The second kappa shape index (κ2) is 9.36. The largest absolute Gasteiger partial charge is 0.348 e. The molecule has 1 unspecified atom stereocenters. The third-order valence-electron chi connectivity index (χ3n) is 3.75. The van der Waals surface area contributed by atoms with Crippen molar-refractivity contribution in [1.29, 1.82) is 0 Å². The maximum Gasteiger partial charge on any atom is 0.234 e. The van der Waals surface area contributed by atoms with Crippen molar-refractivity contribution in [3.63, 3.8) is 0 Å². The molecule has 25 heavy (non-hydrogen) atoms. The van der Waals surface area contributed by atoms with E-state index in [2.05, 4.69) is 27.2 Å². The van der Waals surface area contributed by atoms with Gasteiger partial charge < -0.3 is 5.32 Å². The van der Waals surface area contributed by atoms with Crippen LogP contribution in [-0.4, -0.2) is 23.9 Å². The van der Waals surface area contributed by atoms with E-state index in [0.29, 0.717) is 13.1 Å². The minimum atomic E-state index is -0.284. The Kier molecular flexibility index (Phi) is 7.17. The average molecular weight is 403 g/mol. The lowest BCUT2D eigenvalue weighted by Gasteiger charge is -2.21. The van der Waals surface area contributed by atoms with Crippen molar-refractivity contribution in [2.24, 2.45) is 0 Å². The number of nitrogens with one attached hydrogen (secondary N) is 1. The van der Waals surface area contributed by atoms with Gasteiger partial charge in [-0.05, 0) is 42.3 Å². The molecule has 0 saturated heterocycles. The van der Waals surface area contributed by atoms with Gasteiger partial charge in [-0.3, -0.25) is 9.69 Å². The Morgan fingerprint density at radius 3 is 2.48 bits per heavy atom. The van der Waals surface area contributed by atoms with Crippen molar-refractivity contribution in [1.82, 2.24) is 10.2 Å². The number of benzene rings is 2. The number of rotatable bonds is 7. The molecule has 0 aliphatic rings. The molecule has 0 bridgehead atoms. The maximum absolute atomic E-state index is 13.0. The van der Waals surface area contributed by atoms with Gasteiger partial charge >= 0.3 is 0 Å². The summed E-state index contributed by atoms with van der Waals surface area (Å²) in [4.78, 5) is 14.2. The van der Waals surface area contributed by atoms with Crippen LogP contribution in [0.1, 0.15) is 24.1 Å². The molecule has 130 valence electrons. The molecule has 2 aromatic rings. The molecule has 1 amide bonds. The first kappa shape index (κ1) is 19.2. The van der Waals surface area contributed by atoms with Crippen LogP contribution in [0.25, 0.3) is 0 Å². The predicted octanol–water partition coefficient (Wildman–Crippen LogP) is 3.90. The van der Waals surface area contributed by atoms with Crippen LogP contribution in [0.5, 0.6) is 0 Å². The molecule has 1 N–H and O–H groups in total. The number of carbonyl (C=O) groups excluding carboxylic acids is 1. The third-order valence-corrected chi connectivity index (χ3v) is 4.28. The molecular weight excluding hydrogens is 383 g/mol. The van der Waals surface area contributed by atoms with Gasteiger partial charge in [-0.2, -0.15) is 0 Å². The molecule has 0 aromatic heterocycles. The Morgan fingerprint density at radius 1 is 1.24 bits per heavy atom. The van der Waals surface area contributed by atoms with Gasteiger partial charge in [0.1, 0.15) is 5.82 Å². The number of terminal acetylenes is 1. The normalized spacial score (nSPS) is 11.8. The van der Waals surface area contributed by atoms with E-state index in [4.69, 9.17) is 6.42 Å². The number of hydrogen-bond acceptors (Lipinski definition) is 2. The molecule has 0 fully saturated rings. The lowest BCUT2D eigenvalue weighted by molar-refractivity contribution is -0.122. The van der Waals surface area contributed by atoms with Gasteiger partial charge in [0.2, 0.25) is 5.91 Å². The van der Waals surface area contributed by atoms with E-state index in [9.17, 15) is 9.18 Å². The SMILES string of the molecule is C#CCN(CC(=O)NC(C)c1ccc(Br)cc1)Cc1ccc(F)cc1. The Morgan fingerprint density at radius 2 is 1.88 bits per heavy atom. The summed E-state index contributed by atoms with van der Waals surface area (Å²) in [5, 5.41) is 2.97. The Hall–Kier alpha value is -2.16. The zero-order valence-electron chi connectivity index (χ0n) is 14.0. The van der Waals surface area contributed by atoms with E-state index in [0.717, 1.165) is 15.6 Å². The standard InChI is InChI=1S/C20H20BrFN2O/c1-3-12-24(13-16-4-10-19(22)11-5-16)14-20(25)23-15(2)17-6-8-18(21)9-7-17/h1,4-11,15H,12-14H2,2H3,(H,23,25). The summed E-state index contributed by atoms with van der Waals surface area (Å²) in [5.74, 6) is 2.17. The van der Waals surface area contributed by atoms with Crippen LogP contribution < -0.4 is 5.32 Å². The number of carbonyl (C=O) groups is 1. The van der Waals surface area contributed by atoms with Gasteiger partial charge in [-0.1, -0.05) is 46.1 Å². The van der Waals surface area contributed by atoms with Gasteiger partial charge in [-0.15, -0.1) is 6.42 Å². The third kappa shape index (κ3) is 6.33. The summed E-state index contributed by atoms with van der Waals surface area (Å²) in [6.45, 7) is 2.96. The smallest absolute Gasteiger partial charge is 0.234 e. The van der Waals surface area contributed by atoms with Crippen molar-refractivity contribution in [2.75, 3.05) is 13.1 Å². The minimum absolute atomic E-state index is 0.0980. The van der Waals surface area contributed by atoms with E-state index in [1.807, 2.05) is 36.1 Å². The predicted molar refractivity (Wildman–Crippen MR) is 101 cm³/mol. The number of halogens is 2. The van der Waals surface area contributed by atoms with Crippen LogP contribution in [0.3, 0.4) is 0 Å². The molecule has 1 atom stereocenters. The fraction of sp³-hybridized carbons (Fsp3) is 0.250. The molecule has 0 saturated carbocycles. The molecule has 2 rings (SSSR count). The summed E-state index contributed by atoms with van der Waals surface area (Å²) in [7, 11) is 0. The van der Waals surface area contributed by atoms with Crippen LogP contribution in [0.2, 0.25) is 0 Å². The van der Waals surface area contributed by atoms with Crippen molar-refractivity contribution < 1.29 is 9.18 Å². The van der Waals surface area contributed by atoms with Gasteiger partial charge in [0.05, 0.1) is 19.1 Å². The second-order valence-corrected chi connectivity index (χ2v) is 6.73. The molecule has 0 aliphatic heterocycles. The van der Waals surface area contributed by atoms with E-state index in [1.165, 1.54) is 12.1 Å². The van der Waals surface area contributed by atoms with Crippen LogP contribution in [0.15, 0.2) is 53.0 Å². The van der Waals surface area contributed by atoms with E-state index in [1.54, 1.807) is 12.1 Å². The zero-order chi connectivity index (χ0) is 18.2. The quantitative estimate of drug-likeness (QED) is 0.712. The van der Waals surface area contributed by atoms with Crippen LogP contribution in [0.4, 0.5) is 4.39 Å². The fourth-order valence-electron chi connectivity index (χ4n) is 2.47. The minimum Gasteiger partial charge on any atom is -0.348 e. The van der Waals surface area contributed by atoms with Crippen molar-refractivity contribution in [2.45, 2.75) is 19.5 Å². The van der Waals surface area contributed by atoms with Crippen molar-refractivity contribution >= 4 is 21.8 Å². The molecule has 0 spiro atoms. The summed E-state index contributed by atoms with van der Waals surface area (Å²) in [5.41, 5.74) is 1.93. The lowest BCUT2D eigenvalue weighted by Crippen LogP contribution is -2.38. The summed E-state index contributed by atoms with van der Waals surface area (Å²) >= 11 is 3.40. The van der Waals surface area contributed by atoms with E-state index in [-0.39, 0.29) is 24.3 Å². The van der Waals surface area contributed by atoms with Gasteiger partial charge in [0, 0.05) is 11.0 Å². The summed E-state index contributed by atoms with van der Waals surface area (Å²) in [6.07, 6.45) is 5.40. The molecule has 0 aliphatic carbocycles. The molecule has 2 aromatic carbocycles. The number of amides is 1. The lowest BCUT2D eigenvalue weighted by atomic mass is 10.1. The maximum atomic E-state index is 13.0. The molecule has 0 heterocycles. The fourth-order valence-corrected chi connectivity index (χ4v) is 2.73. The highest BCUT2D eigenvalue weighted by atomic mass is 79.9. The van der Waals surface area contributed by atoms with Crippen LogP contribution in [0, 0.1) is 18.2 Å². The topological polar surface area (TPSA) is 32.3 Å². The van der Waals surface area contributed by atoms with Gasteiger partial charge in [0.25, 0.3) is 0 Å². The highest BCUT2D eigenvalue weighted by Crippen LogP contribution is 2.16. The van der Waals surface area contributed by atoms with Crippen molar-refractivity contribution in [3.8, 4) is 12.3 Å². The van der Waals surface area contributed by atoms with Crippen LogP contribution >= 0.6 is 15.9 Å². The second-order valence-electron chi connectivity index (χ2n) is 5.82. The van der Waals surface area contributed by atoms with Gasteiger partial charge in [0.15, 0.2) is 0 Å². The van der Waals surface area contributed by atoms with E-state index < -0.39 is 0 Å². The number of hydrogen-bond donors (Lipinski definition) is 1. The zero-order valence-corrected chi connectivity index (χ0v) is 15.6. The molecule has 3 nitrogen and oxygen atoms in total. The Labute approximate surface area is 156 Å². The van der Waals surface area contributed by atoms with Crippen LogP contribution in [-0.2, 0) is 11.3 Å². The first-order valence-electron chi connectivity index (χ1n) is 7.93. The van der Waals surface area contributed by atoms with Crippen molar-refractivity contribution in [3.05, 3.63) is 69.9 Å². The molecule has 0 radical (unpaired) electrons.